The summed E-state index contributed by atoms with van der Waals surface area (Å²) in [5.74, 6) is 0. The monoisotopic (exact) mass is 641 g/mol. The Bertz CT molecular complexity index is 501. The molecule has 268 valence electrons. The molecule has 7 N–H and O–H groups in total. The van der Waals surface area contributed by atoms with Crippen molar-refractivity contribution in [2.24, 2.45) is 0 Å². The van der Waals surface area contributed by atoms with Gasteiger partial charge in [0.2, 0.25) is 0 Å². The van der Waals surface area contributed by atoms with E-state index in [1.165, 1.54) is 96.3 Å². The molecule has 3 unspecified atom stereocenters. The van der Waals surface area contributed by atoms with Crippen LogP contribution in [-0.4, -0.2) is 120 Å². The summed E-state index contributed by atoms with van der Waals surface area (Å²) in [4.78, 5) is 0. The second-order valence-corrected chi connectivity index (χ2v) is 11.7. The van der Waals surface area contributed by atoms with E-state index in [0.29, 0.717) is 13.2 Å². The van der Waals surface area contributed by atoms with Crippen molar-refractivity contribution in [1.29, 1.82) is 0 Å². The highest BCUT2D eigenvalue weighted by atomic mass is 16.5. The zero-order valence-electron chi connectivity index (χ0n) is 28.0. The van der Waals surface area contributed by atoms with Gasteiger partial charge in [-0.1, -0.05) is 109 Å². The van der Waals surface area contributed by atoms with Gasteiger partial charge < -0.3 is 50.0 Å². The van der Waals surface area contributed by atoms with Gasteiger partial charge in [-0.3, -0.25) is 0 Å². The van der Waals surface area contributed by atoms with Crippen molar-refractivity contribution < 1.29 is 50.0 Å². The minimum Gasteiger partial charge on any atom is -0.396 e. The molecule has 0 saturated heterocycles. The van der Waals surface area contributed by atoms with Crippen molar-refractivity contribution in [3.63, 3.8) is 0 Å². The molecule has 0 radical (unpaired) electrons. The van der Waals surface area contributed by atoms with Gasteiger partial charge in [0.05, 0.1) is 59.0 Å². The second-order valence-electron chi connectivity index (χ2n) is 11.7. The molecule has 0 saturated carbocycles. The number of hydrogen-bond donors (Lipinski definition) is 7. The van der Waals surface area contributed by atoms with E-state index < -0.39 is 12.2 Å². The number of aliphatic hydroxyl groups is 7. The largest absolute Gasteiger partial charge is 0.396 e. The van der Waals surface area contributed by atoms with Crippen LogP contribution in [-0.2, 0) is 14.2 Å². The Kier molecular flexibility index (Phi) is 42.2. The minimum absolute atomic E-state index is 0.0130. The molecule has 0 aliphatic rings. The van der Waals surface area contributed by atoms with Gasteiger partial charge in [0.25, 0.3) is 0 Å². The van der Waals surface area contributed by atoms with Crippen molar-refractivity contribution in [2.75, 3.05) is 66.1 Å². The first kappa shape index (κ1) is 45.7. The lowest BCUT2D eigenvalue weighted by Gasteiger charge is -2.20. The molecule has 0 rings (SSSR count). The predicted octanol–water partition coefficient (Wildman–Crippen LogP) is 4.27. The van der Waals surface area contributed by atoms with E-state index in [1.807, 2.05) is 0 Å². The number of unbranched alkanes of at least 4 members (excludes halogenated alkanes) is 17. The van der Waals surface area contributed by atoms with Gasteiger partial charge in [-0.05, 0) is 25.7 Å². The average Bonchev–Trinajstić information content (AvgIpc) is 3.03. The number of rotatable bonds is 35. The molecular weight excluding hydrogens is 568 g/mol. The first-order valence-corrected chi connectivity index (χ1v) is 17.7. The van der Waals surface area contributed by atoms with Crippen LogP contribution in [0.4, 0.5) is 0 Å². The molecule has 0 aliphatic carbocycles. The molecule has 0 aromatic carbocycles. The van der Waals surface area contributed by atoms with E-state index in [0.717, 1.165) is 38.5 Å². The fourth-order valence-electron chi connectivity index (χ4n) is 4.86. The molecule has 10 nitrogen and oxygen atoms in total. The van der Waals surface area contributed by atoms with Gasteiger partial charge in [0, 0.05) is 13.2 Å². The number of hydrogen-bond acceptors (Lipinski definition) is 10. The van der Waals surface area contributed by atoms with Crippen LogP contribution >= 0.6 is 0 Å². The molecule has 0 fully saturated rings. The van der Waals surface area contributed by atoms with E-state index in [1.54, 1.807) is 0 Å². The fourth-order valence-corrected chi connectivity index (χ4v) is 4.86. The topological polar surface area (TPSA) is 169 Å². The van der Waals surface area contributed by atoms with Crippen LogP contribution in [0.5, 0.6) is 0 Å². The Morgan fingerprint density at radius 3 is 1.18 bits per heavy atom. The van der Waals surface area contributed by atoms with E-state index in [4.69, 9.17) is 39.7 Å². The molecule has 0 bridgehead atoms. The molecule has 0 aliphatic heterocycles. The highest BCUT2D eigenvalue weighted by Gasteiger charge is 2.19. The molecule has 0 heterocycles. The Morgan fingerprint density at radius 2 is 0.773 bits per heavy atom. The van der Waals surface area contributed by atoms with E-state index >= 15 is 0 Å². The van der Waals surface area contributed by atoms with E-state index in [2.05, 4.69) is 0 Å². The van der Waals surface area contributed by atoms with Gasteiger partial charge in [-0.25, -0.2) is 0 Å². The lowest BCUT2D eigenvalue weighted by molar-refractivity contribution is -0.0994. The Hall–Kier alpha value is -0.400. The number of aliphatic hydroxyl groups excluding tert-OH is 7. The zero-order chi connectivity index (χ0) is 32.8. The summed E-state index contributed by atoms with van der Waals surface area (Å²) in [5, 5.41) is 62.8. The lowest BCUT2D eigenvalue weighted by Crippen LogP contribution is -2.37. The maximum Gasteiger partial charge on any atom is 0.109 e. The van der Waals surface area contributed by atoms with Crippen LogP contribution in [0.2, 0.25) is 0 Å². The van der Waals surface area contributed by atoms with Crippen LogP contribution in [0.25, 0.3) is 0 Å². The highest BCUT2D eigenvalue weighted by Crippen LogP contribution is 2.15. The van der Waals surface area contributed by atoms with Crippen LogP contribution in [0.15, 0.2) is 0 Å². The third kappa shape index (κ3) is 37.8. The summed E-state index contributed by atoms with van der Waals surface area (Å²) >= 11 is 0. The van der Waals surface area contributed by atoms with Crippen molar-refractivity contribution in [2.45, 2.75) is 153 Å². The molecule has 44 heavy (non-hydrogen) atoms. The summed E-state index contributed by atoms with van der Waals surface area (Å²) in [7, 11) is 0. The van der Waals surface area contributed by atoms with Crippen molar-refractivity contribution >= 4 is 0 Å². The number of ether oxygens (including phenoxy) is 3. The molecule has 0 spiro atoms. The Balaban J connectivity index is 0. The van der Waals surface area contributed by atoms with E-state index in [9.17, 15) is 10.2 Å². The van der Waals surface area contributed by atoms with Crippen molar-refractivity contribution in [3.8, 4) is 0 Å². The van der Waals surface area contributed by atoms with Crippen LogP contribution in [0, 0.1) is 0 Å². The molecule has 3 atom stereocenters. The SMILES string of the molecule is OCCCCCCCCCCCCCCCCCCC(O)CCCCCO.OCCOCCOCC(O)C(CO)OCCO. The average molecular weight is 641 g/mol. The molecule has 10 heteroatoms. The summed E-state index contributed by atoms with van der Waals surface area (Å²) in [6.07, 6.45) is 24.1. The van der Waals surface area contributed by atoms with E-state index in [-0.39, 0.29) is 59.0 Å². The highest BCUT2D eigenvalue weighted by molar-refractivity contribution is 4.67. The maximum atomic E-state index is 9.90. The van der Waals surface area contributed by atoms with Crippen LogP contribution < -0.4 is 0 Å². The normalized spacial score (nSPS) is 13.4. The minimum atomic E-state index is -0.954. The first-order chi connectivity index (χ1) is 21.6. The first-order valence-electron chi connectivity index (χ1n) is 17.7. The molecule has 0 aromatic rings. The molecular formula is C34H72O10. The third-order valence-electron chi connectivity index (χ3n) is 7.57. The lowest BCUT2D eigenvalue weighted by atomic mass is 10.0. The molecule has 0 aromatic heterocycles. The standard InChI is InChI=1S/C24H50O3.C10H22O7/c25-22-18-14-12-10-8-6-4-2-1-3-5-7-9-11-13-16-20-24(27)21-17-15-19-23-26;11-1-3-15-5-6-16-8-9(14)10(7-13)17-4-2-12/h24-27H,1-23H2;9-14H,1-8H2. The molecule has 0 amide bonds. The zero-order valence-corrected chi connectivity index (χ0v) is 28.0. The second kappa shape index (κ2) is 40.6. The van der Waals surface area contributed by atoms with Crippen molar-refractivity contribution in [1.82, 2.24) is 0 Å². The van der Waals surface area contributed by atoms with Gasteiger partial charge in [0.1, 0.15) is 12.2 Å². The predicted molar refractivity (Wildman–Crippen MR) is 176 cm³/mol. The fraction of sp³-hybridized carbons (Fsp3) is 1.00. The van der Waals surface area contributed by atoms with Crippen molar-refractivity contribution in [3.05, 3.63) is 0 Å². The quantitative estimate of drug-likeness (QED) is 0.0497. The van der Waals surface area contributed by atoms with Gasteiger partial charge in [-0.15, -0.1) is 0 Å². The summed E-state index contributed by atoms with van der Waals surface area (Å²) in [6, 6.07) is 0. The summed E-state index contributed by atoms with van der Waals surface area (Å²) < 4.78 is 15.0. The smallest absolute Gasteiger partial charge is 0.109 e. The summed E-state index contributed by atoms with van der Waals surface area (Å²) in [6.45, 7) is 1.03. The van der Waals surface area contributed by atoms with Gasteiger partial charge >= 0.3 is 0 Å². The van der Waals surface area contributed by atoms with Gasteiger partial charge in [-0.2, -0.15) is 0 Å². The van der Waals surface area contributed by atoms with Crippen LogP contribution in [0.3, 0.4) is 0 Å². The Morgan fingerprint density at radius 1 is 0.386 bits per heavy atom. The van der Waals surface area contributed by atoms with Gasteiger partial charge in [0.15, 0.2) is 0 Å². The van der Waals surface area contributed by atoms with Crippen LogP contribution in [0.1, 0.15) is 135 Å². The Labute approximate surface area is 269 Å². The summed E-state index contributed by atoms with van der Waals surface area (Å²) in [5.41, 5.74) is 0. The third-order valence-corrected chi connectivity index (χ3v) is 7.57. The maximum absolute atomic E-state index is 9.90.